The van der Waals surface area contributed by atoms with Crippen molar-refractivity contribution in [2.75, 3.05) is 55.5 Å². The molecule has 0 unspecified atom stereocenters. The topological polar surface area (TPSA) is 83.1 Å². The zero-order valence-corrected chi connectivity index (χ0v) is 23.9. The quantitative estimate of drug-likeness (QED) is 0.319. The molecule has 1 aliphatic rings. The number of hydrogen-bond donors (Lipinski definition) is 0. The Balaban J connectivity index is 0. The first kappa shape index (κ1) is 30.1. The van der Waals surface area contributed by atoms with Crippen LogP contribution < -0.4 is 0 Å². The van der Waals surface area contributed by atoms with Gasteiger partial charge in [-0.25, -0.2) is 0 Å². The third-order valence-corrected chi connectivity index (χ3v) is 19.9. The van der Waals surface area contributed by atoms with Crippen molar-refractivity contribution in [3.8, 4) is 0 Å². The van der Waals surface area contributed by atoms with Gasteiger partial charge in [0, 0.05) is 57.2 Å². The summed E-state index contributed by atoms with van der Waals surface area (Å²) in [5.74, 6) is 1.22. The summed E-state index contributed by atoms with van der Waals surface area (Å²) in [4.78, 5) is 0. The van der Waals surface area contributed by atoms with Gasteiger partial charge in [-0.2, -0.15) is 0 Å². The molecule has 0 amide bonds. The molecule has 1 aliphatic heterocycles. The van der Waals surface area contributed by atoms with Crippen LogP contribution in [0.5, 0.6) is 0 Å². The van der Waals surface area contributed by atoms with Crippen LogP contribution in [0.15, 0.2) is 36.8 Å². The maximum atomic E-state index is 5.91. The van der Waals surface area contributed by atoms with Crippen LogP contribution in [0.1, 0.15) is 7.85 Å². The molecule has 0 aliphatic carbocycles. The average Bonchev–Trinajstić information content (AvgIpc) is 3.31. The Kier molecular flexibility index (Phi) is 14.3. The molecule has 9 nitrogen and oxygen atoms in total. The first-order chi connectivity index (χ1) is 14.2. The molecule has 0 aromatic carbocycles. The third-order valence-electron chi connectivity index (χ3n) is 4.31. The summed E-state index contributed by atoms with van der Waals surface area (Å²) >= 11 is 1.88. The summed E-state index contributed by atoms with van der Waals surface area (Å²) in [5, 5.41) is 0. The fraction of sp³-hybridized carbons (Fsp3) is 0.625. The van der Waals surface area contributed by atoms with Crippen LogP contribution >= 0.6 is 11.2 Å². The fourth-order valence-electron chi connectivity index (χ4n) is 2.41. The third kappa shape index (κ3) is 7.89. The summed E-state index contributed by atoms with van der Waals surface area (Å²) in [5.41, 5.74) is 4.38. The Labute approximate surface area is 190 Å². The predicted molar refractivity (Wildman–Crippen MR) is 129 cm³/mol. The maximum Gasteiger partial charge on any atom is 0.521 e. The first-order valence-corrected chi connectivity index (χ1v) is 18.2. The molecule has 1 fully saturated rings. The molecule has 1 saturated heterocycles. The highest BCUT2D eigenvalue weighted by Crippen LogP contribution is 2.35. The van der Waals surface area contributed by atoms with Crippen molar-refractivity contribution < 1.29 is 40.6 Å². The Morgan fingerprint density at radius 1 is 0.700 bits per heavy atom. The lowest BCUT2D eigenvalue weighted by atomic mass is 10.6. The van der Waals surface area contributed by atoms with Crippen molar-refractivity contribution in [1.29, 1.82) is 0 Å². The molecule has 1 heterocycles. The second kappa shape index (κ2) is 14.3. The van der Waals surface area contributed by atoms with Crippen molar-refractivity contribution in [3.63, 3.8) is 0 Å². The van der Waals surface area contributed by atoms with Gasteiger partial charge in [0.15, 0.2) is 0 Å². The molecule has 0 aromatic heterocycles. The largest absolute Gasteiger partial charge is 0.521 e. The Hall–Kier alpha value is 0.0775. The minimum Gasteiger partial charge on any atom is -0.390 e. The molecule has 178 valence electrons. The van der Waals surface area contributed by atoms with Gasteiger partial charge in [-0.05, 0) is 29.3 Å². The van der Waals surface area contributed by atoms with Crippen LogP contribution in [-0.2, 0) is 39.2 Å². The van der Waals surface area contributed by atoms with E-state index in [0.717, 1.165) is 6.04 Å². The molecule has 0 spiro atoms. The van der Waals surface area contributed by atoms with E-state index in [1.165, 1.54) is 64.8 Å². The maximum absolute atomic E-state index is 5.91. The van der Waals surface area contributed by atoms with Gasteiger partial charge in [0.25, 0.3) is 0 Å². The lowest BCUT2D eigenvalue weighted by molar-refractivity contribution is 0.0897. The van der Waals surface area contributed by atoms with Gasteiger partial charge in [-0.1, -0.05) is 19.7 Å². The van der Waals surface area contributed by atoms with E-state index >= 15 is 0 Å². The Morgan fingerprint density at radius 2 is 1.07 bits per heavy atom. The molecule has 0 N–H and O–H groups in total. The van der Waals surface area contributed by atoms with Crippen molar-refractivity contribution in [2.24, 2.45) is 0 Å². The van der Waals surface area contributed by atoms with Crippen molar-refractivity contribution >= 4 is 45.3 Å². The van der Waals surface area contributed by atoms with Crippen molar-refractivity contribution in [3.05, 3.63) is 36.8 Å². The van der Waals surface area contributed by atoms with Gasteiger partial charge in [0.05, 0.1) is 0 Å². The molecule has 0 saturated carbocycles. The molecule has 14 heteroatoms. The minimum atomic E-state index is -3.40. The molecular weight excluding hydrogens is 481 g/mol. The molecular formula is C16H38O9SSi4. The van der Waals surface area contributed by atoms with E-state index in [4.69, 9.17) is 39.2 Å². The second-order valence-corrected chi connectivity index (χ2v) is 20.3. The summed E-state index contributed by atoms with van der Waals surface area (Å²) < 4.78 is 49.2. The van der Waals surface area contributed by atoms with E-state index in [1.807, 2.05) is 11.2 Å². The predicted octanol–water partition coefficient (Wildman–Crippen LogP) is 2.84. The SMILES string of the molecule is C=C[Si](OC)(OC)O[Si](C=C)(OC)O[Si](C=C)(OC)OC.CO[Si]1(OC)CCCS1.[2HH]. The van der Waals surface area contributed by atoms with E-state index in [2.05, 4.69) is 19.7 Å². The first-order valence-electron chi connectivity index (χ1n) is 9.04. The Bertz CT molecular complexity index is 501. The van der Waals surface area contributed by atoms with Crippen LogP contribution in [-0.4, -0.2) is 89.6 Å². The molecule has 1 rings (SSSR count). The zero-order valence-electron chi connectivity index (χ0n) is 19.1. The highest BCUT2D eigenvalue weighted by molar-refractivity contribution is 8.27. The summed E-state index contributed by atoms with van der Waals surface area (Å²) in [6.07, 6.45) is 1.26. The monoisotopic (exact) mass is 519 g/mol. The lowest BCUT2D eigenvalue weighted by Gasteiger charge is -2.36. The van der Waals surface area contributed by atoms with Crippen molar-refractivity contribution in [1.82, 2.24) is 0 Å². The van der Waals surface area contributed by atoms with Gasteiger partial charge in [-0.15, -0.1) is 11.2 Å². The highest BCUT2D eigenvalue weighted by Gasteiger charge is 2.55. The standard InChI is InChI=1S/C11H24O7Si3.C5H12O2SSi.H2/c1-9-19(12-4,13-5)17-21(11-3,16-8)18-20(10-2,14-6)15-7;1-6-9(7-2)5-3-4-8-9;/h9-11H,1-3H2,4-8H3;3-5H2,1-2H3;1H/i;;1+1. The highest BCUT2D eigenvalue weighted by atomic mass is 32.4. The average molecular weight is 520 g/mol. The molecule has 0 atom stereocenters. The molecule has 0 radical (unpaired) electrons. The normalized spacial score (nSPS) is 16.5. The van der Waals surface area contributed by atoms with E-state index in [1.54, 1.807) is 14.2 Å². The van der Waals surface area contributed by atoms with Gasteiger partial charge >= 0.3 is 34.1 Å². The lowest BCUT2D eigenvalue weighted by Crippen LogP contribution is -2.61. The number of hydrogen-bond acceptors (Lipinski definition) is 10. The van der Waals surface area contributed by atoms with E-state index < -0.39 is 34.1 Å². The molecule has 0 bridgehead atoms. The summed E-state index contributed by atoms with van der Waals surface area (Å²) in [6.45, 7) is 11.1. The molecule has 30 heavy (non-hydrogen) atoms. The van der Waals surface area contributed by atoms with Gasteiger partial charge in [0.2, 0.25) is 0 Å². The second-order valence-electron chi connectivity index (χ2n) is 5.69. The van der Waals surface area contributed by atoms with Crippen LogP contribution in [0.4, 0.5) is 0 Å². The van der Waals surface area contributed by atoms with Crippen LogP contribution in [0.2, 0.25) is 6.04 Å². The van der Waals surface area contributed by atoms with Crippen LogP contribution in [0.3, 0.4) is 0 Å². The Morgan fingerprint density at radius 3 is 1.23 bits per heavy atom. The fourth-order valence-corrected chi connectivity index (χ4v) is 16.0. The van der Waals surface area contributed by atoms with Gasteiger partial charge in [0.1, 0.15) is 0 Å². The van der Waals surface area contributed by atoms with Gasteiger partial charge in [-0.3, -0.25) is 0 Å². The summed E-state index contributed by atoms with van der Waals surface area (Å²) in [6, 6.07) is 1.16. The van der Waals surface area contributed by atoms with Crippen LogP contribution in [0, 0.1) is 0 Å². The van der Waals surface area contributed by atoms with E-state index in [0.29, 0.717) is 0 Å². The molecule has 0 aromatic rings. The van der Waals surface area contributed by atoms with Crippen molar-refractivity contribution in [2.45, 2.75) is 12.5 Å². The van der Waals surface area contributed by atoms with E-state index in [-0.39, 0.29) is 1.43 Å². The number of rotatable bonds is 14. The van der Waals surface area contributed by atoms with E-state index in [9.17, 15) is 0 Å². The van der Waals surface area contributed by atoms with Crippen LogP contribution in [0.25, 0.3) is 0 Å². The zero-order chi connectivity index (χ0) is 23.3. The smallest absolute Gasteiger partial charge is 0.390 e. The van der Waals surface area contributed by atoms with Gasteiger partial charge < -0.3 is 39.2 Å². The minimum absolute atomic E-state index is 0. The summed E-state index contributed by atoms with van der Waals surface area (Å²) in [7, 11) is -0.573.